The zero-order valence-electron chi connectivity index (χ0n) is 15.5. The average molecular weight is 433 g/mol. The maximum atomic E-state index is 13.7. The average Bonchev–Trinajstić information content (AvgIpc) is 3.11. The van der Waals surface area contributed by atoms with Gasteiger partial charge in [-0.25, -0.2) is 9.18 Å². The number of hydrogen-bond donors (Lipinski definition) is 2. The van der Waals surface area contributed by atoms with Crippen molar-refractivity contribution in [1.29, 1.82) is 0 Å². The van der Waals surface area contributed by atoms with Crippen LogP contribution in [0.1, 0.15) is 17.3 Å². The van der Waals surface area contributed by atoms with Gasteiger partial charge in [0.25, 0.3) is 0 Å². The molecule has 0 spiro atoms. The standard InChI is InChI=1S/C21H18ClFN2O3S/c1-2-28-21(27)19-14(13-7-3-4-8-15(13)22)12-29-20(19)25-18(26)11-24-17-10-6-5-9-16(17)23/h3-10,12,24H,2,11H2,1H3,(H,25,26). The minimum Gasteiger partial charge on any atom is -0.462 e. The van der Waals surface area contributed by atoms with Gasteiger partial charge >= 0.3 is 5.97 Å². The summed E-state index contributed by atoms with van der Waals surface area (Å²) in [6, 6.07) is 13.2. The fourth-order valence-corrected chi connectivity index (χ4v) is 3.89. The molecule has 1 heterocycles. The number of benzene rings is 2. The first-order valence-electron chi connectivity index (χ1n) is 8.83. The Morgan fingerprint density at radius 1 is 1.10 bits per heavy atom. The normalized spacial score (nSPS) is 10.4. The number of anilines is 2. The van der Waals surface area contributed by atoms with Crippen molar-refractivity contribution in [3.63, 3.8) is 0 Å². The van der Waals surface area contributed by atoms with Crippen molar-refractivity contribution in [2.45, 2.75) is 6.92 Å². The summed E-state index contributed by atoms with van der Waals surface area (Å²) >= 11 is 7.47. The van der Waals surface area contributed by atoms with E-state index in [2.05, 4.69) is 10.6 Å². The van der Waals surface area contributed by atoms with E-state index in [0.717, 1.165) is 0 Å². The van der Waals surface area contributed by atoms with Crippen LogP contribution in [0.4, 0.5) is 15.1 Å². The van der Waals surface area contributed by atoms with Crippen LogP contribution in [-0.2, 0) is 9.53 Å². The highest BCUT2D eigenvalue weighted by molar-refractivity contribution is 7.15. The topological polar surface area (TPSA) is 67.4 Å². The lowest BCUT2D eigenvalue weighted by molar-refractivity contribution is -0.114. The molecular weight excluding hydrogens is 415 g/mol. The second kappa shape index (κ2) is 9.54. The Balaban J connectivity index is 1.83. The maximum absolute atomic E-state index is 13.7. The molecule has 1 aromatic heterocycles. The molecule has 8 heteroatoms. The smallest absolute Gasteiger partial charge is 0.341 e. The fourth-order valence-electron chi connectivity index (χ4n) is 2.68. The number of carbonyl (C=O) groups is 2. The van der Waals surface area contributed by atoms with Crippen LogP contribution >= 0.6 is 22.9 Å². The molecule has 0 radical (unpaired) electrons. The Labute approximate surface area is 176 Å². The van der Waals surface area contributed by atoms with Crippen LogP contribution in [0, 0.1) is 5.82 Å². The van der Waals surface area contributed by atoms with Crippen molar-refractivity contribution in [2.75, 3.05) is 23.8 Å². The van der Waals surface area contributed by atoms with E-state index < -0.39 is 17.7 Å². The minimum atomic E-state index is -0.555. The van der Waals surface area contributed by atoms with Gasteiger partial charge < -0.3 is 15.4 Å². The molecule has 2 aromatic carbocycles. The van der Waals surface area contributed by atoms with E-state index in [0.29, 0.717) is 21.2 Å². The first-order valence-corrected chi connectivity index (χ1v) is 10.1. The van der Waals surface area contributed by atoms with Gasteiger partial charge in [-0.05, 0) is 25.1 Å². The van der Waals surface area contributed by atoms with Crippen LogP contribution in [0.2, 0.25) is 5.02 Å². The molecule has 3 rings (SSSR count). The summed E-state index contributed by atoms with van der Waals surface area (Å²) in [5.41, 5.74) is 1.70. The molecule has 0 aliphatic carbocycles. The molecule has 3 aromatic rings. The Morgan fingerprint density at radius 2 is 1.83 bits per heavy atom. The maximum Gasteiger partial charge on any atom is 0.341 e. The van der Waals surface area contributed by atoms with Crippen molar-refractivity contribution in [3.05, 3.63) is 70.3 Å². The van der Waals surface area contributed by atoms with Gasteiger partial charge in [0.15, 0.2) is 0 Å². The molecule has 0 aliphatic rings. The first kappa shape index (κ1) is 20.8. The van der Waals surface area contributed by atoms with Gasteiger partial charge in [0, 0.05) is 21.5 Å². The lowest BCUT2D eigenvalue weighted by Gasteiger charge is -2.10. The van der Waals surface area contributed by atoms with Crippen LogP contribution in [-0.4, -0.2) is 25.0 Å². The molecule has 0 fully saturated rings. The second-order valence-electron chi connectivity index (χ2n) is 5.94. The molecule has 0 saturated heterocycles. The summed E-state index contributed by atoms with van der Waals surface area (Å²) in [5.74, 6) is -1.43. The molecular formula is C21H18ClFN2O3S. The first-order chi connectivity index (χ1) is 14.0. The van der Waals surface area contributed by atoms with Crippen molar-refractivity contribution in [3.8, 4) is 11.1 Å². The molecule has 0 unspecified atom stereocenters. The highest BCUT2D eigenvalue weighted by atomic mass is 35.5. The number of nitrogens with one attached hydrogen (secondary N) is 2. The van der Waals surface area contributed by atoms with Crippen LogP contribution in [0.25, 0.3) is 11.1 Å². The van der Waals surface area contributed by atoms with E-state index in [9.17, 15) is 14.0 Å². The number of amides is 1. The summed E-state index contributed by atoms with van der Waals surface area (Å²) in [6.07, 6.45) is 0. The van der Waals surface area contributed by atoms with E-state index in [1.165, 1.54) is 23.5 Å². The molecule has 5 nitrogen and oxygen atoms in total. The summed E-state index contributed by atoms with van der Waals surface area (Å²) in [6.45, 7) is 1.73. The number of hydrogen-bond acceptors (Lipinski definition) is 5. The Morgan fingerprint density at radius 3 is 2.55 bits per heavy atom. The van der Waals surface area contributed by atoms with E-state index in [-0.39, 0.29) is 24.4 Å². The Bertz CT molecular complexity index is 1040. The summed E-state index contributed by atoms with van der Waals surface area (Å²) in [4.78, 5) is 24.9. The number of halogens is 2. The SMILES string of the molecule is CCOC(=O)c1c(-c2ccccc2Cl)csc1NC(=O)CNc1ccccc1F. The van der Waals surface area contributed by atoms with Crippen molar-refractivity contribution < 1.29 is 18.7 Å². The molecule has 2 N–H and O–H groups in total. The Hall–Kier alpha value is -2.90. The number of esters is 1. The molecule has 150 valence electrons. The summed E-state index contributed by atoms with van der Waals surface area (Å²) < 4.78 is 18.8. The molecule has 29 heavy (non-hydrogen) atoms. The molecule has 0 atom stereocenters. The minimum absolute atomic E-state index is 0.164. The monoisotopic (exact) mass is 432 g/mol. The number of thiophene rings is 1. The molecule has 1 amide bonds. The van der Waals surface area contributed by atoms with Gasteiger partial charge in [-0.15, -0.1) is 11.3 Å². The zero-order chi connectivity index (χ0) is 20.8. The van der Waals surface area contributed by atoms with E-state index in [4.69, 9.17) is 16.3 Å². The highest BCUT2D eigenvalue weighted by Crippen LogP contribution is 2.39. The van der Waals surface area contributed by atoms with Crippen molar-refractivity contribution in [2.24, 2.45) is 0 Å². The predicted octanol–water partition coefficient (Wildman–Crippen LogP) is 5.43. The number of para-hydroxylation sites is 1. The zero-order valence-corrected chi connectivity index (χ0v) is 17.1. The van der Waals surface area contributed by atoms with Gasteiger partial charge in [0.1, 0.15) is 16.4 Å². The third kappa shape index (κ3) is 4.93. The second-order valence-corrected chi connectivity index (χ2v) is 7.22. The van der Waals surface area contributed by atoms with Crippen LogP contribution < -0.4 is 10.6 Å². The van der Waals surface area contributed by atoms with E-state index >= 15 is 0 Å². The van der Waals surface area contributed by atoms with Gasteiger partial charge in [-0.3, -0.25) is 4.79 Å². The van der Waals surface area contributed by atoms with Gasteiger partial charge in [-0.2, -0.15) is 0 Å². The van der Waals surface area contributed by atoms with Gasteiger partial charge in [0.2, 0.25) is 5.91 Å². The van der Waals surface area contributed by atoms with E-state index in [1.807, 2.05) is 6.07 Å². The summed E-state index contributed by atoms with van der Waals surface area (Å²) in [5, 5.41) is 8.01. The molecule has 0 saturated carbocycles. The highest BCUT2D eigenvalue weighted by Gasteiger charge is 2.23. The quantitative estimate of drug-likeness (QED) is 0.488. The lowest BCUT2D eigenvalue weighted by Crippen LogP contribution is -2.23. The van der Waals surface area contributed by atoms with E-state index in [1.54, 1.807) is 42.6 Å². The number of rotatable bonds is 7. The van der Waals surface area contributed by atoms with Crippen molar-refractivity contribution >= 4 is 45.5 Å². The number of carbonyl (C=O) groups excluding carboxylic acids is 2. The number of ether oxygens (including phenoxy) is 1. The summed E-state index contributed by atoms with van der Waals surface area (Å²) in [7, 11) is 0. The third-order valence-electron chi connectivity index (χ3n) is 4.00. The molecule has 0 bridgehead atoms. The Kier molecular flexibility index (Phi) is 6.85. The van der Waals surface area contributed by atoms with Crippen LogP contribution in [0.3, 0.4) is 0 Å². The largest absolute Gasteiger partial charge is 0.462 e. The fraction of sp³-hybridized carbons (Fsp3) is 0.143. The molecule has 0 aliphatic heterocycles. The predicted molar refractivity (Wildman–Crippen MR) is 114 cm³/mol. The van der Waals surface area contributed by atoms with Crippen molar-refractivity contribution in [1.82, 2.24) is 0 Å². The van der Waals surface area contributed by atoms with Gasteiger partial charge in [0.05, 0.1) is 18.8 Å². The lowest BCUT2D eigenvalue weighted by atomic mass is 10.0. The van der Waals surface area contributed by atoms with Gasteiger partial charge in [-0.1, -0.05) is 41.9 Å². The van der Waals surface area contributed by atoms with Crippen LogP contribution in [0.15, 0.2) is 53.9 Å². The third-order valence-corrected chi connectivity index (χ3v) is 5.23. The van der Waals surface area contributed by atoms with Crippen LogP contribution in [0.5, 0.6) is 0 Å².